The Labute approximate surface area is 174 Å². The Morgan fingerprint density at radius 1 is 0.964 bits per heavy atom. The van der Waals surface area contributed by atoms with Gasteiger partial charge in [0.2, 0.25) is 0 Å². The molecule has 0 heterocycles. The molecule has 0 aromatic carbocycles. The van der Waals surface area contributed by atoms with Gasteiger partial charge in [-0.25, -0.2) is 0 Å². The van der Waals surface area contributed by atoms with Crippen molar-refractivity contribution in [1.29, 1.82) is 0 Å². The molecule has 3 nitrogen and oxygen atoms in total. The van der Waals surface area contributed by atoms with E-state index in [1.165, 1.54) is 64.2 Å². The molecule has 0 saturated heterocycles. The lowest BCUT2D eigenvalue weighted by atomic mass is 9.44. The molecule has 0 amide bonds. The van der Waals surface area contributed by atoms with Crippen LogP contribution in [0.2, 0.25) is 0 Å². The maximum atomic E-state index is 5.75. The summed E-state index contributed by atoms with van der Waals surface area (Å²) >= 11 is 0. The molecule has 3 N–H and O–H groups in total. The van der Waals surface area contributed by atoms with Crippen molar-refractivity contribution < 1.29 is 0 Å². The molecule has 0 aromatic heterocycles. The van der Waals surface area contributed by atoms with Crippen LogP contribution < -0.4 is 11.2 Å². The van der Waals surface area contributed by atoms with Crippen LogP contribution in [0.25, 0.3) is 0 Å². The first-order valence-electron chi connectivity index (χ1n) is 12.6. The number of nitrogens with two attached hydrogens (primary N) is 1. The van der Waals surface area contributed by atoms with E-state index in [0.717, 1.165) is 55.1 Å². The molecular formula is C25H47N3. The van der Waals surface area contributed by atoms with Gasteiger partial charge in [0.05, 0.1) is 0 Å². The van der Waals surface area contributed by atoms with E-state index < -0.39 is 0 Å². The van der Waals surface area contributed by atoms with E-state index in [-0.39, 0.29) is 0 Å². The van der Waals surface area contributed by atoms with E-state index in [2.05, 4.69) is 26.1 Å². The largest absolute Gasteiger partial charge is 0.314 e. The molecule has 0 aliphatic heterocycles. The van der Waals surface area contributed by atoms with Gasteiger partial charge in [0, 0.05) is 19.6 Å². The van der Waals surface area contributed by atoms with Gasteiger partial charge in [0.25, 0.3) is 0 Å². The van der Waals surface area contributed by atoms with E-state index >= 15 is 0 Å². The smallest absolute Gasteiger partial charge is 0.0137 e. The van der Waals surface area contributed by atoms with Gasteiger partial charge in [-0.05, 0) is 111 Å². The number of hydrazine groups is 1. The summed E-state index contributed by atoms with van der Waals surface area (Å²) in [5.74, 6) is 10.8. The van der Waals surface area contributed by atoms with Crippen LogP contribution in [0.5, 0.6) is 0 Å². The fraction of sp³-hybridized carbons (Fsp3) is 1.00. The zero-order chi connectivity index (χ0) is 19.9. The third kappa shape index (κ3) is 3.58. The predicted octanol–water partition coefficient (Wildman–Crippen LogP) is 5.21. The number of hydrogen-bond donors (Lipinski definition) is 2. The van der Waals surface area contributed by atoms with Crippen molar-refractivity contribution in [3.63, 3.8) is 0 Å². The van der Waals surface area contributed by atoms with Crippen molar-refractivity contribution >= 4 is 0 Å². The summed E-state index contributed by atoms with van der Waals surface area (Å²) in [5.41, 5.74) is 1.30. The minimum atomic E-state index is 0.629. The van der Waals surface area contributed by atoms with Crippen molar-refractivity contribution in [1.82, 2.24) is 10.3 Å². The molecule has 4 aliphatic carbocycles. The molecule has 162 valence electrons. The lowest BCUT2D eigenvalue weighted by Crippen LogP contribution is -2.55. The number of nitrogens with one attached hydrogen (secondary N) is 1. The quantitative estimate of drug-likeness (QED) is 0.372. The molecule has 4 fully saturated rings. The van der Waals surface area contributed by atoms with Gasteiger partial charge in [0.1, 0.15) is 0 Å². The van der Waals surface area contributed by atoms with E-state index in [1.807, 2.05) is 12.1 Å². The summed E-state index contributed by atoms with van der Waals surface area (Å²) in [4.78, 5) is 0. The van der Waals surface area contributed by atoms with Gasteiger partial charge in [0.15, 0.2) is 0 Å². The highest BCUT2D eigenvalue weighted by molar-refractivity contribution is 5.09. The molecule has 0 bridgehead atoms. The second-order valence-electron chi connectivity index (χ2n) is 11.6. The zero-order valence-corrected chi connectivity index (χ0v) is 19.2. The van der Waals surface area contributed by atoms with Gasteiger partial charge in [-0.3, -0.25) is 10.9 Å². The van der Waals surface area contributed by atoms with E-state index in [4.69, 9.17) is 5.84 Å². The summed E-state index contributed by atoms with van der Waals surface area (Å²) in [5, 5.41) is 5.68. The van der Waals surface area contributed by atoms with Crippen LogP contribution in [0.15, 0.2) is 0 Å². The number of nitrogens with zero attached hydrogens (tertiary/aromatic N) is 1. The first-order valence-corrected chi connectivity index (χ1v) is 12.6. The fourth-order valence-electron chi connectivity index (χ4n) is 8.86. The minimum Gasteiger partial charge on any atom is -0.314 e. The minimum absolute atomic E-state index is 0.629. The molecule has 0 radical (unpaired) electrons. The van der Waals surface area contributed by atoms with E-state index in [9.17, 15) is 0 Å². The molecule has 0 aromatic rings. The molecule has 4 aliphatic rings. The average molecular weight is 390 g/mol. The maximum Gasteiger partial charge on any atom is 0.0137 e. The Kier molecular flexibility index (Phi) is 6.18. The lowest BCUT2D eigenvalue weighted by Gasteiger charge is -2.61. The summed E-state index contributed by atoms with van der Waals surface area (Å²) in [6.45, 7) is 9.96. The van der Waals surface area contributed by atoms with E-state index in [0.29, 0.717) is 10.8 Å². The highest BCUT2D eigenvalue weighted by atomic mass is 15.4. The third-order valence-corrected chi connectivity index (χ3v) is 10.5. The van der Waals surface area contributed by atoms with Gasteiger partial charge in [-0.1, -0.05) is 27.2 Å². The second-order valence-corrected chi connectivity index (χ2v) is 11.6. The van der Waals surface area contributed by atoms with Crippen LogP contribution in [0.1, 0.15) is 91.4 Å². The van der Waals surface area contributed by atoms with E-state index in [1.54, 1.807) is 0 Å². The highest BCUT2D eigenvalue weighted by Gasteiger charge is 2.59. The molecule has 4 rings (SSSR count). The van der Waals surface area contributed by atoms with Crippen LogP contribution in [-0.2, 0) is 0 Å². The fourth-order valence-corrected chi connectivity index (χ4v) is 8.86. The molecule has 3 heteroatoms. The van der Waals surface area contributed by atoms with Crippen LogP contribution in [0.4, 0.5) is 0 Å². The van der Waals surface area contributed by atoms with Crippen molar-refractivity contribution in [3.8, 4) is 0 Å². The van der Waals surface area contributed by atoms with Crippen LogP contribution in [-0.4, -0.2) is 31.2 Å². The Hall–Kier alpha value is -0.120. The Balaban J connectivity index is 1.38. The zero-order valence-electron chi connectivity index (χ0n) is 19.2. The number of rotatable bonds is 6. The number of fused-ring (bicyclic) bond motifs is 5. The van der Waals surface area contributed by atoms with Crippen molar-refractivity contribution in [2.75, 3.05) is 20.1 Å². The van der Waals surface area contributed by atoms with Crippen LogP contribution in [0.3, 0.4) is 0 Å². The van der Waals surface area contributed by atoms with Crippen molar-refractivity contribution in [2.24, 2.45) is 46.3 Å². The first kappa shape index (κ1) is 21.1. The Bertz CT molecular complexity index is 534. The lowest BCUT2D eigenvalue weighted by molar-refractivity contribution is -0.114. The molecule has 0 spiro atoms. The summed E-state index contributed by atoms with van der Waals surface area (Å²) in [6, 6.07) is 0.752. The number of hydrogen-bond acceptors (Lipinski definition) is 3. The van der Waals surface area contributed by atoms with Crippen molar-refractivity contribution in [3.05, 3.63) is 0 Å². The SMILES string of the molecule is CCC1CCC2C3CCC4CC(NCCCN(C)N)CCC4(C)C3CCC12C. The molecule has 8 unspecified atom stereocenters. The normalized spacial score (nSPS) is 48.2. The average Bonchev–Trinajstić information content (AvgIpc) is 3.01. The first-order chi connectivity index (χ1) is 13.4. The summed E-state index contributed by atoms with van der Waals surface area (Å²) in [7, 11) is 1.96. The highest BCUT2D eigenvalue weighted by Crippen LogP contribution is 2.67. The molecule has 8 atom stereocenters. The maximum absolute atomic E-state index is 5.75. The van der Waals surface area contributed by atoms with Crippen LogP contribution >= 0.6 is 0 Å². The predicted molar refractivity (Wildman–Crippen MR) is 119 cm³/mol. The molecular weight excluding hydrogens is 342 g/mol. The summed E-state index contributed by atoms with van der Waals surface area (Å²) in [6.07, 6.45) is 16.0. The van der Waals surface area contributed by atoms with Gasteiger partial charge < -0.3 is 5.32 Å². The van der Waals surface area contributed by atoms with Gasteiger partial charge >= 0.3 is 0 Å². The second kappa shape index (κ2) is 8.19. The topological polar surface area (TPSA) is 41.3 Å². The Morgan fingerprint density at radius 2 is 1.71 bits per heavy atom. The standard InChI is InChI=1S/C25H47N3/c1-5-18-8-10-22-21-9-7-19-17-20(27-15-6-16-28(4)26)11-13-25(19,3)23(21)12-14-24(18,22)2/h18-23,27H,5-17,26H2,1-4H3. The summed E-state index contributed by atoms with van der Waals surface area (Å²) < 4.78 is 0. The monoisotopic (exact) mass is 389 g/mol. The van der Waals surface area contributed by atoms with Gasteiger partial charge in [-0.15, -0.1) is 0 Å². The molecule has 4 saturated carbocycles. The van der Waals surface area contributed by atoms with Crippen LogP contribution in [0, 0.1) is 40.4 Å². The molecule has 28 heavy (non-hydrogen) atoms. The van der Waals surface area contributed by atoms with Gasteiger partial charge in [-0.2, -0.15) is 0 Å². The third-order valence-electron chi connectivity index (χ3n) is 10.5. The Morgan fingerprint density at radius 3 is 2.46 bits per heavy atom. The van der Waals surface area contributed by atoms with Crippen molar-refractivity contribution in [2.45, 2.75) is 97.4 Å².